The van der Waals surface area contributed by atoms with E-state index in [4.69, 9.17) is 4.74 Å². The van der Waals surface area contributed by atoms with Gasteiger partial charge in [0.05, 0.1) is 6.61 Å². The molecule has 1 fully saturated rings. The Morgan fingerprint density at radius 3 is 3.00 bits per heavy atom. The van der Waals surface area contributed by atoms with Gasteiger partial charge in [0.15, 0.2) is 0 Å². The summed E-state index contributed by atoms with van der Waals surface area (Å²) in [4.78, 5) is 0. The van der Waals surface area contributed by atoms with Crippen molar-refractivity contribution in [3.63, 3.8) is 0 Å². The van der Waals surface area contributed by atoms with Crippen molar-refractivity contribution in [3.05, 3.63) is 29.8 Å². The summed E-state index contributed by atoms with van der Waals surface area (Å²) in [7, 11) is 0. The normalized spacial score (nSPS) is 15.5. The number of ether oxygens (including phenoxy) is 1. The summed E-state index contributed by atoms with van der Waals surface area (Å²) in [5, 5.41) is 3.49. The third-order valence-corrected chi connectivity index (χ3v) is 2.38. The summed E-state index contributed by atoms with van der Waals surface area (Å²) in [6, 6.07) is 9.07. The van der Waals surface area contributed by atoms with Gasteiger partial charge in [0.25, 0.3) is 0 Å². The van der Waals surface area contributed by atoms with Gasteiger partial charge in [-0.05, 0) is 37.5 Å². The topological polar surface area (TPSA) is 21.3 Å². The van der Waals surface area contributed by atoms with Crippen LogP contribution in [0.5, 0.6) is 5.75 Å². The van der Waals surface area contributed by atoms with E-state index in [-0.39, 0.29) is 0 Å². The quantitative estimate of drug-likeness (QED) is 0.771. The van der Waals surface area contributed by atoms with Crippen LogP contribution in [0.2, 0.25) is 0 Å². The molecular weight excluding hydrogens is 174 g/mol. The molecule has 14 heavy (non-hydrogen) atoms. The van der Waals surface area contributed by atoms with Gasteiger partial charge in [0.2, 0.25) is 0 Å². The molecule has 0 bridgehead atoms. The highest BCUT2D eigenvalue weighted by Gasteiger charge is 2.19. The Hall–Kier alpha value is -1.02. The van der Waals surface area contributed by atoms with E-state index in [9.17, 15) is 0 Å². The van der Waals surface area contributed by atoms with E-state index in [1.807, 2.05) is 13.0 Å². The van der Waals surface area contributed by atoms with Crippen molar-refractivity contribution in [1.29, 1.82) is 0 Å². The molecule has 0 heterocycles. The molecule has 0 aromatic heterocycles. The second-order valence-corrected chi connectivity index (χ2v) is 3.74. The minimum Gasteiger partial charge on any atom is -0.494 e. The van der Waals surface area contributed by atoms with Crippen molar-refractivity contribution >= 4 is 0 Å². The fraction of sp³-hybridized carbons (Fsp3) is 0.500. The lowest BCUT2D eigenvalue weighted by Crippen LogP contribution is -2.15. The SMILES string of the molecule is CCOc1cccc(CNC2CC2)c1. The van der Waals surface area contributed by atoms with E-state index in [1.165, 1.54) is 18.4 Å². The van der Waals surface area contributed by atoms with Crippen LogP contribution in [0, 0.1) is 0 Å². The van der Waals surface area contributed by atoms with Crippen LogP contribution >= 0.6 is 0 Å². The molecule has 0 radical (unpaired) electrons. The zero-order chi connectivity index (χ0) is 9.80. The molecule has 2 heteroatoms. The van der Waals surface area contributed by atoms with Crippen LogP contribution in [0.3, 0.4) is 0 Å². The average molecular weight is 191 g/mol. The molecule has 1 N–H and O–H groups in total. The van der Waals surface area contributed by atoms with Crippen molar-refractivity contribution in [2.24, 2.45) is 0 Å². The van der Waals surface area contributed by atoms with Crippen LogP contribution < -0.4 is 10.1 Å². The van der Waals surface area contributed by atoms with Gasteiger partial charge in [-0.15, -0.1) is 0 Å². The number of rotatable bonds is 5. The summed E-state index contributed by atoms with van der Waals surface area (Å²) < 4.78 is 5.44. The molecule has 76 valence electrons. The van der Waals surface area contributed by atoms with E-state index < -0.39 is 0 Å². The summed E-state index contributed by atoms with van der Waals surface area (Å²) in [5.74, 6) is 0.975. The van der Waals surface area contributed by atoms with Gasteiger partial charge < -0.3 is 10.1 Å². The number of nitrogens with one attached hydrogen (secondary N) is 1. The van der Waals surface area contributed by atoms with Gasteiger partial charge in [-0.2, -0.15) is 0 Å². The highest BCUT2D eigenvalue weighted by atomic mass is 16.5. The van der Waals surface area contributed by atoms with Crippen LogP contribution in [-0.4, -0.2) is 12.6 Å². The Labute approximate surface area is 85.3 Å². The highest BCUT2D eigenvalue weighted by Crippen LogP contribution is 2.20. The van der Waals surface area contributed by atoms with Crippen molar-refractivity contribution < 1.29 is 4.74 Å². The van der Waals surface area contributed by atoms with E-state index in [0.29, 0.717) is 0 Å². The molecule has 0 atom stereocenters. The van der Waals surface area contributed by atoms with E-state index in [1.54, 1.807) is 0 Å². The van der Waals surface area contributed by atoms with E-state index in [0.717, 1.165) is 24.9 Å². The molecule has 1 aromatic carbocycles. The Morgan fingerprint density at radius 1 is 1.43 bits per heavy atom. The molecule has 0 unspecified atom stereocenters. The minimum absolute atomic E-state index is 0.736. The Bertz CT molecular complexity index is 294. The van der Waals surface area contributed by atoms with Crippen molar-refractivity contribution in [2.45, 2.75) is 32.4 Å². The zero-order valence-electron chi connectivity index (χ0n) is 8.62. The van der Waals surface area contributed by atoms with Crippen LogP contribution in [-0.2, 0) is 6.54 Å². The van der Waals surface area contributed by atoms with Crippen molar-refractivity contribution in [1.82, 2.24) is 5.32 Å². The molecule has 0 amide bonds. The average Bonchev–Trinajstić information content (AvgIpc) is 2.99. The van der Waals surface area contributed by atoms with Crippen molar-refractivity contribution in [2.75, 3.05) is 6.61 Å². The highest BCUT2D eigenvalue weighted by molar-refractivity contribution is 5.28. The minimum atomic E-state index is 0.736. The van der Waals surface area contributed by atoms with Crippen molar-refractivity contribution in [3.8, 4) is 5.75 Å². The molecule has 2 nitrogen and oxygen atoms in total. The molecule has 0 aliphatic heterocycles. The van der Waals surface area contributed by atoms with E-state index in [2.05, 4.69) is 23.5 Å². The summed E-state index contributed by atoms with van der Waals surface area (Å²) in [6.45, 7) is 3.71. The second-order valence-electron chi connectivity index (χ2n) is 3.74. The van der Waals surface area contributed by atoms with Gasteiger partial charge in [-0.1, -0.05) is 12.1 Å². The number of hydrogen-bond acceptors (Lipinski definition) is 2. The van der Waals surface area contributed by atoms with Gasteiger partial charge in [-0.3, -0.25) is 0 Å². The van der Waals surface area contributed by atoms with Crippen LogP contribution in [0.1, 0.15) is 25.3 Å². The predicted molar refractivity (Wildman–Crippen MR) is 57.5 cm³/mol. The predicted octanol–water partition coefficient (Wildman–Crippen LogP) is 2.34. The maximum atomic E-state index is 5.44. The fourth-order valence-electron chi connectivity index (χ4n) is 1.46. The van der Waals surface area contributed by atoms with Gasteiger partial charge in [0.1, 0.15) is 5.75 Å². The Balaban J connectivity index is 1.90. The summed E-state index contributed by atoms with van der Waals surface area (Å²) in [6.07, 6.45) is 2.68. The molecule has 1 aromatic rings. The second kappa shape index (κ2) is 4.47. The van der Waals surface area contributed by atoms with Crippen LogP contribution in [0.15, 0.2) is 24.3 Å². The third kappa shape index (κ3) is 2.74. The van der Waals surface area contributed by atoms with Gasteiger partial charge >= 0.3 is 0 Å². The molecular formula is C12H17NO. The molecule has 1 aliphatic rings. The monoisotopic (exact) mass is 191 g/mol. The lowest BCUT2D eigenvalue weighted by Gasteiger charge is -2.06. The molecule has 0 saturated heterocycles. The summed E-state index contributed by atoms with van der Waals surface area (Å²) >= 11 is 0. The Kier molecular flexibility index (Phi) is 3.04. The Morgan fingerprint density at radius 2 is 2.29 bits per heavy atom. The van der Waals surface area contributed by atoms with Gasteiger partial charge in [-0.25, -0.2) is 0 Å². The number of benzene rings is 1. The first kappa shape index (κ1) is 9.53. The van der Waals surface area contributed by atoms with Crippen LogP contribution in [0.25, 0.3) is 0 Å². The standard InChI is InChI=1S/C12H17NO/c1-2-14-12-5-3-4-10(8-12)9-13-11-6-7-11/h3-5,8,11,13H,2,6-7,9H2,1H3. The number of hydrogen-bond donors (Lipinski definition) is 1. The van der Waals surface area contributed by atoms with E-state index >= 15 is 0 Å². The smallest absolute Gasteiger partial charge is 0.119 e. The third-order valence-electron chi connectivity index (χ3n) is 2.38. The first-order chi connectivity index (χ1) is 6.88. The van der Waals surface area contributed by atoms with Crippen LogP contribution in [0.4, 0.5) is 0 Å². The molecule has 2 rings (SSSR count). The maximum absolute atomic E-state index is 5.44. The lowest BCUT2D eigenvalue weighted by atomic mass is 10.2. The molecule has 0 spiro atoms. The first-order valence-corrected chi connectivity index (χ1v) is 5.33. The fourth-order valence-corrected chi connectivity index (χ4v) is 1.46. The maximum Gasteiger partial charge on any atom is 0.119 e. The molecule has 1 aliphatic carbocycles. The van der Waals surface area contributed by atoms with Gasteiger partial charge in [0, 0.05) is 12.6 Å². The lowest BCUT2D eigenvalue weighted by molar-refractivity contribution is 0.340. The zero-order valence-corrected chi connectivity index (χ0v) is 8.62. The first-order valence-electron chi connectivity index (χ1n) is 5.33. The largest absolute Gasteiger partial charge is 0.494 e. The molecule has 1 saturated carbocycles. The summed E-state index contributed by atoms with van der Waals surface area (Å²) in [5.41, 5.74) is 1.31.